The van der Waals surface area contributed by atoms with Crippen LogP contribution in [0.1, 0.15) is 23.3 Å². The monoisotopic (exact) mass is 377 g/mol. The van der Waals surface area contributed by atoms with Crippen molar-refractivity contribution in [2.24, 2.45) is 0 Å². The molecule has 6 heteroatoms. The van der Waals surface area contributed by atoms with Gasteiger partial charge in [0.1, 0.15) is 11.5 Å². The quantitative estimate of drug-likeness (QED) is 0.596. The number of halogens is 2. The van der Waals surface area contributed by atoms with Gasteiger partial charge in [0.05, 0.1) is 15.6 Å². The Kier molecular flexibility index (Phi) is 4.29. The molecular weight excluding hydrogens is 361 g/mol. The van der Waals surface area contributed by atoms with E-state index in [4.69, 9.17) is 28.3 Å². The maximum Gasteiger partial charge on any atom is 0.133 e. The molecule has 0 amide bonds. The minimum absolute atomic E-state index is 0.604. The third-order valence-corrected chi connectivity index (χ3v) is 5.79. The molecule has 1 aromatic carbocycles. The number of hydrogen-bond donors (Lipinski definition) is 1. The van der Waals surface area contributed by atoms with E-state index in [-0.39, 0.29) is 0 Å². The lowest BCUT2D eigenvalue weighted by atomic mass is 10.1. The molecule has 3 heterocycles. The molecule has 0 atom stereocenters. The van der Waals surface area contributed by atoms with E-state index in [9.17, 15) is 0 Å². The molecular formula is C18H17Cl2N3S. The number of benzene rings is 1. The molecule has 1 aliphatic rings. The van der Waals surface area contributed by atoms with Crippen LogP contribution in [0.5, 0.6) is 0 Å². The Morgan fingerprint density at radius 2 is 2.04 bits per heavy atom. The van der Waals surface area contributed by atoms with Crippen LogP contribution < -0.4 is 5.32 Å². The summed E-state index contributed by atoms with van der Waals surface area (Å²) in [7, 11) is 0. The van der Waals surface area contributed by atoms with Gasteiger partial charge in [-0.25, -0.2) is 4.68 Å². The van der Waals surface area contributed by atoms with Gasteiger partial charge in [-0.2, -0.15) is 5.10 Å². The zero-order valence-corrected chi connectivity index (χ0v) is 15.6. The fourth-order valence-electron chi connectivity index (χ4n) is 3.09. The number of hydrogen-bond acceptors (Lipinski definition) is 3. The first kappa shape index (κ1) is 16.0. The van der Waals surface area contributed by atoms with Crippen LogP contribution in [0.3, 0.4) is 0 Å². The Labute approximate surface area is 155 Å². The van der Waals surface area contributed by atoms with Crippen molar-refractivity contribution >= 4 is 40.4 Å². The molecule has 0 fully saturated rings. The number of aryl methyl sites for hydroxylation is 1. The van der Waals surface area contributed by atoms with E-state index in [0.29, 0.717) is 10.0 Å². The van der Waals surface area contributed by atoms with E-state index in [0.717, 1.165) is 43.0 Å². The van der Waals surface area contributed by atoms with Crippen LogP contribution in [-0.4, -0.2) is 16.3 Å². The number of rotatable bonds is 2. The molecule has 124 valence electrons. The normalized spacial score (nSPS) is 14.1. The van der Waals surface area contributed by atoms with Gasteiger partial charge in [-0.05, 0) is 56.5 Å². The Morgan fingerprint density at radius 1 is 1.17 bits per heavy atom. The molecule has 0 radical (unpaired) electrons. The zero-order chi connectivity index (χ0) is 16.7. The fourth-order valence-corrected chi connectivity index (χ4v) is 4.46. The average Bonchev–Trinajstić information content (AvgIpc) is 3.03. The van der Waals surface area contributed by atoms with Crippen molar-refractivity contribution in [1.82, 2.24) is 9.78 Å². The van der Waals surface area contributed by atoms with Crippen LogP contribution in [0.2, 0.25) is 10.0 Å². The fraction of sp³-hybridized carbons (Fsp3) is 0.278. The topological polar surface area (TPSA) is 29.9 Å². The summed E-state index contributed by atoms with van der Waals surface area (Å²) < 4.78 is 1.93. The standard InChI is InChI=1S/C18H17Cl2N3S/c1-11-5-8-16(24-11)17-13-4-2-3-9-21-18(13)23(22-17)15-7-6-12(19)10-14(15)20/h5-8,10,21H,2-4,9H2,1H3. The van der Waals surface area contributed by atoms with Crippen LogP contribution >= 0.6 is 34.5 Å². The second-order valence-corrected chi connectivity index (χ2v) is 8.11. The molecule has 0 spiro atoms. The molecule has 2 aromatic heterocycles. The number of fused-ring (bicyclic) bond motifs is 1. The summed E-state index contributed by atoms with van der Waals surface area (Å²) in [5.74, 6) is 1.05. The van der Waals surface area contributed by atoms with Gasteiger partial charge in [-0.3, -0.25) is 0 Å². The summed E-state index contributed by atoms with van der Waals surface area (Å²) in [6.45, 7) is 3.07. The number of nitrogens with one attached hydrogen (secondary N) is 1. The first-order chi connectivity index (χ1) is 11.6. The molecule has 24 heavy (non-hydrogen) atoms. The van der Waals surface area contributed by atoms with Gasteiger partial charge in [0.15, 0.2) is 0 Å². The summed E-state index contributed by atoms with van der Waals surface area (Å²) in [5.41, 5.74) is 3.19. The Hall–Kier alpha value is -1.49. The van der Waals surface area contributed by atoms with E-state index in [1.165, 1.54) is 15.3 Å². The van der Waals surface area contributed by atoms with Crippen molar-refractivity contribution in [2.45, 2.75) is 26.2 Å². The maximum atomic E-state index is 6.44. The van der Waals surface area contributed by atoms with Crippen molar-refractivity contribution in [3.05, 3.63) is 50.8 Å². The van der Waals surface area contributed by atoms with Crippen LogP contribution in [0, 0.1) is 6.92 Å². The SMILES string of the molecule is Cc1ccc(-c2nn(-c3ccc(Cl)cc3Cl)c3c2CCCCN3)s1. The number of aromatic nitrogens is 2. The lowest BCUT2D eigenvalue weighted by Crippen LogP contribution is -2.07. The molecule has 0 bridgehead atoms. The molecule has 0 saturated heterocycles. The molecule has 1 aliphatic heterocycles. The highest BCUT2D eigenvalue weighted by molar-refractivity contribution is 7.15. The molecule has 3 aromatic rings. The highest BCUT2D eigenvalue weighted by Crippen LogP contribution is 2.38. The molecule has 0 unspecified atom stereocenters. The maximum absolute atomic E-state index is 6.44. The molecule has 4 rings (SSSR count). The summed E-state index contributed by atoms with van der Waals surface area (Å²) >= 11 is 14.3. The number of nitrogens with zero attached hydrogens (tertiary/aromatic N) is 2. The van der Waals surface area contributed by atoms with Crippen molar-refractivity contribution in [2.75, 3.05) is 11.9 Å². The van der Waals surface area contributed by atoms with Crippen molar-refractivity contribution < 1.29 is 0 Å². The lowest BCUT2D eigenvalue weighted by Gasteiger charge is -2.10. The number of thiophene rings is 1. The van der Waals surface area contributed by atoms with Crippen molar-refractivity contribution in [3.8, 4) is 16.3 Å². The Balaban J connectivity index is 1.92. The van der Waals surface area contributed by atoms with Gasteiger partial charge in [-0.15, -0.1) is 11.3 Å². The predicted molar refractivity (Wildman–Crippen MR) is 103 cm³/mol. The van der Waals surface area contributed by atoms with E-state index < -0.39 is 0 Å². The third kappa shape index (κ3) is 2.83. The first-order valence-electron chi connectivity index (χ1n) is 8.01. The summed E-state index contributed by atoms with van der Waals surface area (Å²) in [5, 5.41) is 9.69. The van der Waals surface area contributed by atoms with Crippen molar-refractivity contribution in [1.29, 1.82) is 0 Å². The average molecular weight is 378 g/mol. The first-order valence-corrected chi connectivity index (χ1v) is 9.59. The Morgan fingerprint density at radius 3 is 2.79 bits per heavy atom. The van der Waals surface area contributed by atoms with Gasteiger partial charge < -0.3 is 5.32 Å². The van der Waals surface area contributed by atoms with E-state index in [1.54, 1.807) is 17.4 Å². The predicted octanol–water partition coefficient (Wildman–Crippen LogP) is 5.96. The van der Waals surface area contributed by atoms with Crippen molar-refractivity contribution in [3.63, 3.8) is 0 Å². The largest absolute Gasteiger partial charge is 0.370 e. The van der Waals surface area contributed by atoms with Crippen LogP contribution in [0.4, 0.5) is 5.82 Å². The van der Waals surface area contributed by atoms with Gasteiger partial charge in [0.2, 0.25) is 0 Å². The number of anilines is 1. The summed E-state index contributed by atoms with van der Waals surface area (Å²) in [4.78, 5) is 2.50. The van der Waals surface area contributed by atoms with E-state index >= 15 is 0 Å². The van der Waals surface area contributed by atoms with E-state index in [2.05, 4.69) is 24.4 Å². The molecule has 0 aliphatic carbocycles. The highest BCUT2D eigenvalue weighted by Gasteiger charge is 2.23. The second-order valence-electron chi connectivity index (χ2n) is 5.98. The molecule has 1 N–H and O–H groups in total. The van der Waals surface area contributed by atoms with Gasteiger partial charge >= 0.3 is 0 Å². The lowest BCUT2D eigenvalue weighted by molar-refractivity contribution is 0.780. The third-order valence-electron chi connectivity index (χ3n) is 4.24. The minimum atomic E-state index is 0.604. The van der Waals surface area contributed by atoms with Crippen LogP contribution in [0.25, 0.3) is 16.3 Å². The second kappa shape index (κ2) is 6.43. The highest BCUT2D eigenvalue weighted by atomic mass is 35.5. The van der Waals surface area contributed by atoms with E-state index in [1.807, 2.05) is 16.8 Å². The van der Waals surface area contributed by atoms with Gasteiger partial charge in [0.25, 0.3) is 0 Å². The smallest absolute Gasteiger partial charge is 0.133 e. The Bertz CT molecular complexity index is 898. The summed E-state index contributed by atoms with van der Waals surface area (Å²) in [6.07, 6.45) is 3.35. The molecule has 3 nitrogen and oxygen atoms in total. The zero-order valence-electron chi connectivity index (χ0n) is 13.3. The minimum Gasteiger partial charge on any atom is -0.370 e. The van der Waals surface area contributed by atoms with Gasteiger partial charge in [0, 0.05) is 22.0 Å². The van der Waals surface area contributed by atoms with Crippen LogP contribution in [-0.2, 0) is 6.42 Å². The van der Waals surface area contributed by atoms with Gasteiger partial charge in [-0.1, -0.05) is 23.2 Å². The summed E-state index contributed by atoms with van der Waals surface area (Å²) in [6, 6.07) is 9.83. The van der Waals surface area contributed by atoms with Crippen LogP contribution in [0.15, 0.2) is 30.3 Å². The molecule has 0 saturated carbocycles.